The van der Waals surface area contributed by atoms with E-state index in [1.54, 1.807) is 7.11 Å². The van der Waals surface area contributed by atoms with Gasteiger partial charge in [0.2, 0.25) is 5.91 Å². The van der Waals surface area contributed by atoms with Crippen molar-refractivity contribution in [3.63, 3.8) is 0 Å². The third-order valence-corrected chi connectivity index (χ3v) is 7.02. The molecule has 1 N–H and O–H groups in total. The molecule has 3 aliphatic rings. The molecule has 0 aromatic rings. The van der Waals surface area contributed by atoms with E-state index in [4.69, 9.17) is 4.74 Å². The Kier molecular flexibility index (Phi) is 7.57. The molecule has 3 fully saturated rings. The maximum atomic E-state index is 12.7. The van der Waals surface area contributed by atoms with Gasteiger partial charge >= 0.3 is 0 Å². The maximum Gasteiger partial charge on any atom is 0.239 e. The highest BCUT2D eigenvalue weighted by Gasteiger charge is 2.37. The fraction of sp³-hybridized carbons (Fsp3) is 0.905. The van der Waals surface area contributed by atoms with E-state index in [-0.39, 0.29) is 6.04 Å². The van der Waals surface area contributed by atoms with Crippen LogP contribution in [-0.4, -0.2) is 99.2 Å². The molecule has 2 heterocycles. The van der Waals surface area contributed by atoms with Gasteiger partial charge in [-0.25, -0.2) is 0 Å². The zero-order valence-corrected chi connectivity index (χ0v) is 18.1. The van der Waals surface area contributed by atoms with E-state index in [1.807, 2.05) is 11.9 Å². The monoisotopic (exact) mass is 393 g/mol. The van der Waals surface area contributed by atoms with Gasteiger partial charge in [0.05, 0.1) is 6.04 Å². The van der Waals surface area contributed by atoms with Crippen LogP contribution in [0.25, 0.3) is 0 Å². The number of methoxy groups -OCH3 is 1. The van der Waals surface area contributed by atoms with Crippen LogP contribution in [0.2, 0.25) is 0 Å². The maximum absolute atomic E-state index is 12.7. The first-order valence-corrected chi connectivity index (χ1v) is 11.1. The van der Waals surface area contributed by atoms with E-state index >= 15 is 0 Å². The Morgan fingerprint density at radius 3 is 2.29 bits per heavy atom. The normalized spacial score (nSPS) is 24.2. The molecule has 7 nitrogen and oxygen atoms in total. The number of aliphatic imine (C=N–C) groups is 1. The molecule has 2 saturated heterocycles. The first-order chi connectivity index (χ1) is 13.6. The van der Waals surface area contributed by atoms with E-state index in [1.165, 1.54) is 19.3 Å². The van der Waals surface area contributed by atoms with Crippen molar-refractivity contribution in [1.82, 2.24) is 20.0 Å². The number of guanidine groups is 1. The molecule has 0 radical (unpaired) electrons. The van der Waals surface area contributed by atoms with Gasteiger partial charge in [0.15, 0.2) is 5.96 Å². The molecule has 7 heteroatoms. The number of hydrogen-bond acceptors (Lipinski definition) is 4. The van der Waals surface area contributed by atoms with Crippen molar-refractivity contribution in [2.45, 2.75) is 51.5 Å². The zero-order chi connectivity index (χ0) is 20.0. The molecule has 160 valence electrons. The summed E-state index contributed by atoms with van der Waals surface area (Å²) in [4.78, 5) is 23.9. The number of nitrogens with zero attached hydrogens (tertiary/aromatic N) is 4. The van der Waals surface area contributed by atoms with Gasteiger partial charge in [-0.15, -0.1) is 0 Å². The minimum absolute atomic E-state index is 0.0116. The van der Waals surface area contributed by atoms with Gasteiger partial charge in [0, 0.05) is 66.6 Å². The topological polar surface area (TPSA) is 60.4 Å². The summed E-state index contributed by atoms with van der Waals surface area (Å²) >= 11 is 0. The van der Waals surface area contributed by atoms with Crippen molar-refractivity contribution in [2.24, 2.45) is 10.4 Å². The molecule has 0 aromatic carbocycles. The molecule has 1 saturated carbocycles. The van der Waals surface area contributed by atoms with Crippen molar-refractivity contribution in [1.29, 1.82) is 0 Å². The summed E-state index contributed by atoms with van der Waals surface area (Å²) in [6, 6.07) is -0.0116. The Hall–Kier alpha value is -1.34. The van der Waals surface area contributed by atoms with Crippen LogP contribution in [0, 0.1) is 5.41 Å². The van der Waals surface area contributed by atoms with E-state index in [0.29, 0.717) is 11.3 Å². The Bertz CT molecular complexity index is 535. The van der Waals surface area contributed by atoms with E-state index in [2.05, 4.69) is 27.0 Å². The summed E-state index contributed by atoms with van der Waals surface area (Å²) in [5.41, 5.74) is 0.379. The lowest BCUT2D eigenvalue weighted by Gasteiger charge is -2.44. The van der Waals surface area contributed by atoms with Gasteiger partial charge in [-0.05, 0) is 44.4 Å². The number of carbonyl (C=O) groups is 1. The standard InChI is InChI=1S/C21H39N5O2/c1-18(19(27)25-10-4-5-11-25)24-12-14-26(15-13-24)20(22-2)23-17-21(7-6-8-21)9-16-28-3/h18H,4-17H2,1-3H3,(H,22,23). The Morgan fingerprint density at radius 1 is 1.07 bits per heavy atom. The molecular weight excluding hydrogens is 354 g/mol. The Balaban J connectivity index is 1.45. The molecule has 1 aliphatic carbocycles. The van der Waals surface area contributed by atoms with Crippen LogP contribution in [0.3, 0.4) is 0 Å². The molecule has 3 rings (SSSR count). The van der Waals surface area contributed by atoms with Crippen molar-refractivity contribution < 1.29 is 9.53 Å². The number of carbonyl (C=O) groups excluding carboxylic acids is 1. The summed E-state index contributed by atoms with van der Waals surface area (Å²) in [5.74, 6) is 1.31. The van der Waals surface area contributed by atoms with Gasteiger partial charge in [-0.3, -0.25) is 14.7 Å². The number of likely N-dealkylation sites (tertiary alicyclic amines) is 1. The molecule has 0 bridgehead atoms. The second-order valence-corrected chi connectivity index (χ2v) is 8.73. The predicted octanol–water partition coefficient (Wildman–Crippen LogP) is 1.40. The molecule has 0 aromatic heterocycles. The SMILES string of the molecule is CN=C(NCC1(CCOC)CCC1)N1CCN(C(C)C(=O)N2CCCC2)CC1. The highest BCUT2D eigenvalue weighted by molar-refractivity contribution is 5.82. The van der Waals surface area contributed by atoms with Crippen LogP contribution in [0.4, 0.5) is 0 Å². The van der Waals surface area contributed by atoms with Crippen LogP contribution < -0.4 is 5.32 Å². The number of hydrogen-bond donors (Lipinski definition) is 1. The van der Waals surface area contributed by atoms with E-state index < -0.39 is 0 Å². The molecule has 1 unspecified atom stereocenters. The van der Waals surface area contributed by atoms with Crippen LogP contribution in [0.1, 0.15) is 45.4 Å². The van der Waals surface area contributed by atoms with Crippen molar-refractivity contribution >= 4 is 11.9 Å². The second kappa shape index (κ2) is 9.92. The highest BCUT2D eigenvalue weighted by atomic mass is 16.5. The molecule has 28 heavy (non-hydrogen) atoms. The molecule has 2 aliphatic heterocycles. The molecule has 0 spiro atoms. The number of ether oxygens (including phenoxy) is 1. The largest absolute Gasteiger partial charge is 0.385 e. The first kappa shape index (κ1) is 21.4. The fourth-order valence-electron chi connectivity index (χ4n) is 4.79. The number of piperazine rings is 1. The number of amides is 1. The van der Waals surface area contributed by atoms with Crippen LogP contribution in [0.15, 0.2) is 4.99 Å². The van der Waals surface area contributed by atoms with Crippen molar-refractivity contribution in [2.75, 3.05) is 66.6 Å². The smallest absolute Gasteiger partial charge is 0.239 e. The lowest BCUT2D eigenvalue weighted by atomic mass is 9.67. The van der Waals surface area contributed by atoms with Crippen LogP contribution in [-0.2, 0) is 9.53 Å². The lowest BCUT2D eigenvalue weighted by Crippen LogP contribution is -2.58. The summed E-state index contributed by atoms with van der Waals surface area (Å²) in [5, 5.41) is 3.63. The second-order valence-electron chi connectivity index (χ2n) is 8.73. The zero-order valence-electron chi connectivity index (χ0n) is 18.1. The summed E-state index contributed by atoms with van der Waals surface area (Å²) < 4.78 is 5.31. The Labute approximate surface area is 170 Å². The fourth-order valence-corrected chi connectivity index (χ4v) is 4.79. The average molecular weight is 394 g/mol. The van der Waals surface area contributed by atoms with E-state index in [0.717, 1.165) is 77.6 Å². The highest BCUT2D eigenvalue weighted by Crippen LogP contribution is 2.43. The average Bonchev–Trinajstić information content (AvgIpc) is 3.23. The van der Waals surface area contributed by atoms with Crippen LogP contribution in [0.5, 0.6) is 0 Å². The van der Waals surface area contributed by atoms with E-state index in [9.17, 15) is 4.79 Å². The third-order valence-electron chi connectivity index (χ3n) is 7.02. The molecule has 1 amide bonds. The van der Waals surface area contributed by atoms with Gasteiger partial charge < -0.3 is 19.9 Å². The molecule has 1 atom stereocenters. The van der Waals surface area contributed by atoms with Crippen LogP contribution >= 0.6 is 0 Å². The van der Waals surface area contributed by atoms with Gasteiger partial charge in [-0.2, -0.15) is 0 Å². The summed E-state index contributed by atoms with van der Waals surface area (Å²) in [6.45, 7) is 9.42. The number of rotatable bonds is 7. The van der Waals surface area contributed by atoms with Gasteiger partial charge in [0.1, 0.15) is 0 Å². The third kappa shape index (κ3) is 4.98. The predicted molar refractivity (Wildman–Crippen MR) is 113 cm³/mol. The summed E-state index contributed by atoms with van der Waals surface area (Å²) in [6.07, 6.45) is 7.32. The van der Waals surface area contributed by atoms with Crippen molar-refractivity contribution in [3.8, 4) is 0 Å². The van der Waals surface area contributed by atoms with Gasteiger partial charge in [0.25, 0.3) is 0 Å². The van der Waals surface area contributed by atoms with Crippen molar-refractivity contribution in [3.05, 3.63) is 0 Å². The van der Waals surface area contributed by atoms with Gasteiger partial charge in [-0.1, -0.05) is 6.42 Å². The lowest BCUT2D eigenvalue weighted by molar-refractivity contribution is -0.135. The molecular formula is C21H39N5O2. The quantitative estimate of drug-likeness (QED) is 0.523. The first-order valence-electron chi connectivity index (χ1n) is 11.1. The summed E-state index contributed by atoms with van der Waals surface area (Å²) in [7, 11) is 3.66. The minimum atomic E-state index is -0.0116. The number of nitrogens with one attached hydrogen (secondary N) is 1. The Morgan fingerprint density at radius 2 is 1.75 bits per heavy atom. The minimum Gasteiger partial charge on any atom is -0.385 e.